The van der Waals surface area contributed by atoms with Gasteiger partial charge in [-0.1, -0.05) is 0 Å². The van der Waals surface area contributed by atoms with E-state index in [1.165, 1.54) is 25.1 Å². The van der Waals surface area contributed by atoms with Crippen LogP contribution in [0.4, 0.5) is 5.69 Å². The van der Waals surface area contributed by atoms with Crippen LogP contribution < -0.4 is 0 Å². The van der Waals surface area contributed by atoms with Crippen LogP contribution in [-0.2, 0) is 9.53 Å². The molecular weight excluding hydrogens is 198 g/mol. The third kappa shape index (κ3) is 3.05. The van der Waals surface area contributed by atoms with Crippen molar-refractivity contribution < 1.29 is 14.5 Å². The second-order valence-corrected chi connectivity index (χ2v) is 3.01. The van der Waals surface area contributed by atoms with Gasteiger partial charge >= 0.3 is 5.97 Å². The summed E-state index contributed by atoms with van der Waals surface area (Å²) in [7, 11) is 0. The zero-order valence-corrected chi connectivity index (χ0v) is 8.39. The highest BCUT2D eigenvalue weighted by atomic mass is 16.6. The van der Waals surface area contributed by atoms with Gasteiger partial charge in [0, 0.05) is 24.6 Å². The molecule has 0 heterocycles. The number of benzene rings is 1. The molecule has 1 radical (unpaired) electrons. The highest BCUT2D eigenvalue weighted by molar-refractivity contribution is 5.66. The molecule has 0 bridgehead atoms. The Morgan fingerprint density at radius 2 is 2.33 bits per heavy atom. The maximum atomic E-state index is 10.7. The fourth-order valence-corrected chi connectivity index (χ4v) is 1.13. The van der Waals surface area contributed by atoms with E-state index in [0.29, 0.717) is 5.56 Å². The van der Waals surface area contributed by atoms with E-state index in [0.717, 1.165) is 0 Å². The molecule has 0 saturated heterocycles. The van der Waals surface area contributed by atoms with Crippen LogP contribution in [0.1, 0.15) is 25.5 Å². The van der Waals surface area contributed by atoms with E-state index in [1.807, 2.05) is 0 Å². The minimum absolute atomic E-state index is 0.0391. The zero-order valence-electron chi connectivity index (χ0n) is 8.39. The van der Waals surface area contributed by atoms with Gasteiger partial charge in [-0.15, -0.1) is 0 Å². The normalized spacial score (nSPS) is 11.9. The predicted octanol–water partition coefficient (Wildman–Crippen LogP) is 2.02. The van der Waals surface area contributed by atoms with Gasteiger partial charge in [-0.3, -0.25) is 14.9 Å². The number of hydrogen-bond donors (Lipinski definition) is 0. The second kappa shape index (κ2) is 4.54. The lowest BCUT2D eigenvalue weighted by Gasteiger charge is -2.10. The number of carbonyl (C=O) groups excluding carboxylic acids is 1. The molecule has 1 aromatic rings. The molecule has 0 aromatic heterocycles. The Morgan fingerprint density at radius 1 is 1.67 bits per heavy atom. The minimum Gasteiger partial charge on any atom is -0.458 e. The smallest absolute Gasteiger partial charge is 0.303 e. The van der Waals surface area contributed by atoms with Crippen molar-refractivity contribution in [1.82, 2.24) is 0 Å². The lowest BCUT2D eigenvalue weighted by molar-refractivity contribution is -0.385. The number of carbonyl (C=O) groups is 1. The van der Waals surface area contributed by atoms with E-state index in [2.05, 4.69) is 6.07 Å². The van der Waals surface area contributed by atoms with Crippen molar-refractivity contribution in [2.45, 2.75) is 20.0 Å². The molecule has 1 unspecified atom stereocenters. The van der Waals surface area contributed by atoms with E-state index in [-0.39, 0.29) is 5.69 Å². The molecule has 0 amide bonds. The molecule has 0 aliphatic rings. The molecule has 5 heteroatoms. The fourth-order valence-electron chi connectivity index (χ4n) is 1.13. The third-order valence-electron chi connectivity index (χ3n) is 1.80. The van der Waals surface area contributed by atoms with E-state index in [1.54, 1.807) is 6.92 Å². The number of nitro benzene ring substituents is 1. The molecule has 0 spiro atoms. The van der Waals surface area contributed by atoms with Crippen molar-refractivity contribution in [1.29, 1.82) is 0 Å². The van der Waals surface area contributed by atoms with Gasteiger partial charge in [-0.2, -0.15) is 0 Å². The summed E-state index contributed by atoms with van der Waals surface area (Å²) in [4.78, 5) is 20.7. The molecule has 1 rings (SSSR count). The summed E-state index contributed by atoms with van der Waals surface area (Å²) >= 11 is 0. The Kier molecular flexibility index (Phi) is 3.38. The highest BCUT2D eigenvalue weighted by Gasteiger charge is 2.12. The molecule has 1 aromatic carbocycles. The lowest BCUT2D eigenvalue weighted by atomic mass is 10.1. The maximum absolute atomic E-state index is 10.7. The van der Waals surface area contributed by atoms with Gasteiger partial charge in [-0.25, -0.2) is 0 Å². The Bertz CT molecular complexity index is 389. The summed E-state index contributed by atoms with van der Waals surface area (Å²) in [5, 5.41) is 10.5. The summed E-state index contributed by atoms with van der Waals surface area (Å²) in [6.45, 7) is 2.92. The van der Waals surface area contributed by atoms with Gasteiger partial charge in [0.15, 0.2) is 0 Å². The van der Waals surface area contributed by atoms with Crippen LogP contribution in [0.5, 0.6) is 0 Å². The van der Waals surface area contributed by atoms with E-state index >= 15 is 0 Å². The van der Waals surface area contributed by atoms with Crippen LogP contribution in [0.2, 0.25) is 0 Å². The number of ether oxygens (including phenoxy) is 1. The van der Waals surface area contributed by atoms with Gasteiger partial charge in [0.25, 0.3) is 5.69 Å². The molecule has 15 heavy (non-hydrogen) atoms. The summed E-state index contributed by atoms with van der Waals surface area (Å²) in [5.41, 5.74) is 0.446. The Morgan fingerprint density at radius 3 is 2.87 bits per heavy atom. The van der Waals surface area contributed by atoms with Crippen LogP contribution >= 0.6 is 0 Å². The van der Waals surface area contributed by atoms with Gasteiger partial charge < -0.3 is 4.74 Å². The first-order valence-corrected chi connectivity index (χ1v) is 4.34. The summed E-state index contributed by atoms with van der Waals surface area (Å²) in [6, 6.07) is 6.90. The molecule has 0 aliphatic heterocycles. The maximum Gasteiger partial charge on any atom is 0.303 e. The zero-order chi connectivity index (χ0) is 11.4. The summed E-state index contributed by atoms with van der Waals surface area (Å²) < 4.78 is 4.88. The van der Waals surface area contributed by atoms with Gasteiger partial charge in [0.1, 0.15) is 6.10 Å². The number of non-ortho nitro benzene ring substituents is 1. The molecular formula is C10H10NO4. The highest BCUT2D eigenvalue weighted by Crippen LogP contribution is 2.20. The predicted molar refractivity (Wildman–Crippen MR) is 52.1 cm³/mol. The Hall–Kier alpha value is -1.91. The molecule has 79 valence electrons. The first-order valence-electron chi connectivity index (χ1n) is 4.34. The molecule has 0 aliphatic carbocycles. The molecule has 0 N–H and O–H groups in total. The van der Waals surface area contributed by atoms with Crippen molar-refractivity contribution in [3.8, 4) is 0 Å². The molecule has 5 nitrogen and oxygen atoms in total. The van der Waals surface area contributed by atoms with Gasteiger partial charge in [0.2, 0.25) is 0 Å². The average molecular weight is 208 g/mol. The third-order valence-corrected chi connectivity index (χ3v) is 1.80. The SMILES string of the molecule is CC(=O)OC(C)c1[c]ccc([N+](=O)[O-])c1. The molecule has 1 atom stereocenters. The summed E-state index contributed by atoms with van der Waals surface area (Å²) in [5.74, 6) is -0.428. The van der Waals surface area contributed by atoms with Gasteiger partial charge in [-0.05, 0) is 19.1 Å². The van der Waals surface area contributed by atoms with Crippen LogP contribution in [-0.4, -0.2) is 10.9 Å². The lowest BCUT2D eigenvalue weighted by Crippen LogP contribution is -2.05. The van der Waals surface area contributed by atoms with Crippen molar-refractivity contribution in [2.75, 3.05) is 0 Å². The number of hydrogen-bond acceptors (Lipinski definition) is 4. The number of nitro groups is 1. The Balaban J connectivity index is 2.89. The quantitative estimate of drug-likeness (QED) is 0.433. The minimum atomic E-state index is -0.526. The first-order chi connectivity index (χ1) is 7.00. The van der Waals surface area contributed by atoms with Crippen LogP contribution in [0, 0.1) is 16.2 Å². The van der Waals surface area contributed by atoms with E-state index in [4.69, 9.17) is 4.74 Å². The van der Waals surface area contributed by atoms with E-state index < -0.39 is 17.0 Å². The van der Waals surface area contributed by atoms with Crippen LogP contribution in [0.15, 0.2) is 18.2 Å². The Labute approximate surface area is 86.8 Å². The topological polar surface area (TPSA) is 69.4 Å². The number of nitrogens with zero attached hydrogens (tertiary/aromatic N) is 1. The van der Waals surface area contributed by atoms with Crippen molar-refractivity contribution >= 4 is 11.7 Å². The van der Waals surface area contributed by atoms with Crippen molar-refractivity contribution in [2.24, 2.45) is 0 Å². The molecule has 0 saturated carbocycles. The van der Waals surface area contributed by atoms with Gasteiger partial charge in [0.05, 0.1) is 4.92 Å². The van der Waals surface area contributed by atoms with Crippen LogP contribution in [0.3, 0.4) is 0 Å². The fraction of sp³-hybridized carbons (Fsp3) is 0.300. The van der Waals surface area contributed by atoms with Crippen LogP contribution in [0.25, 0.3) is 0 Å². The first kappa shape index (κ1) is 11.2. The standard InChI is InChI=1S/C10H10NO4/c1-7(15-8(2)12)9-4-3-5-10(6-9)11(13)14/h3,5-7H,1-2H3. The molecule has 0 fully saturated rings. The van der Waals surface area contributed by atoms with Crippen molar-refractivity contribution in [3.63, 3.8) is 0 Å². The van der Waals surface area contributed by atoms with E-state index in [9.17, 15) is 14.9 Å². The number of rotatable bonds is 3. The second-order valence-electron chi connectivity index (χ2n) is 3.01. The monoisotopic (exact) mass is 208 g/mol. The average Bonchev–Trinajstić information content (AvgIpc) is 2.17. The van der Waals surface area contributed by atoms with Crippen molar-refractivity contribution in [3.05, 3.63) is 39.9 Å². The number of esters is 1. The largest absolute Gasteiger partial charge is 0.458 e. The summed E-state index contributed by atoms with van der Waals surface area (Å²) in [6.07, 6.45) is -0.526.